The van der Waals surface area contributed by atoms with Crippen LogP contribution in [0.5, 0.6) is 0 Å². The average Bonchev–Trinajstić information content (AvgIpc) is 2.65. The average molecular weight is 221 g/mol. The first-order valence-electron chi connectivity index (χ1n) is 5.39. The maximum atomic E-state index is 10.4. The Morgan fingerprint density at radius 3 is 2.94 bits per heavy atom. The summed E-state index contributed by atoms with van der Waals surface area (Å²) in [6, 6.07) is 4.13. The van der Waals surface area contributed by atoms with E-state index in [0.717, 1.165) is 12.2 Å². The molecule has 5 nitrogen and oxygen atoms in total. The maximum Gasteiger partial charge on any atom is 0.410 e. The largest absolute Gasteiger partial charge is 0.465 e. The van der Waals surface area contributed by atoms with Gasteiger partial charge in [-0.15, -0.1) is 0 Å². The third-order valence-corrected chi connectivity index (χ3v) is 2.87. The van der Waals surface area contributed by atoms with E-state index in [-0.39, 0.29) is 0 Å². The Bertz CT molecular complexity index is 377. The Labute approximate surface area is 94.1 Å². The Kier molecular flexibility index (Phi) is 2.94. The van der Waals surface area contributed by atoms with Gasteiger partial charge in [-0.2, -0.15) is 0 Å². The van der Waals surface area contributed by atoms with Gasteiger partial charge in [-0.25, -0.2) is 9.78 Å². The number of nitrogens with one attached hydrogen (secondary N) is 1. The lowest BCUT2D eigenvalue weighted by Gasteiger charge is -2.23. The second-order valence-electron chi connectivity index (χ2n) is 4.02. The first-order valence-corrected chi connectivity index (χ1v) is 5.39. The van der Waals surface area contributed by atoms with Gasteiger partial charge in [0.05, 0.1) is 11.9 Å². The Morgan fingerprint density at radius 1 is 1.62 bits per heavy atom. The fraction of sp³-hybridized carbons (Fsp3) is 0.455. The number of nitrogens with zero attached hydrogens (tertiary/aromatic N) is 2. The zero-order valence-corrected chi connectivity index (χ0v) is 9.18. The minimum Gasteiger partial charge on any atom is -0.465 e. The molecule has 0 aromatic carbocycles. The molecule has 86 valence electrons. The molecule has 1 amide bonds. The normalized spacial score (nSPS) is 19.8. The van der Waals surface area contributed by atoms with E-state index in [1.807, 2.05) is 6.07 Å². The van der Waals surface area contributed by atoms with Gasteiger partial charge in [-0.3, -0.25) is 5.32 Å². The van der Waals surface area contributed by atoms with Crippen molar-refractivity contribution in [2.24, 2.45) is 0 Å². The summed E-state index contributed by atoms with van der Waals surface area (Å²) in [6.07, 6.45) is 3.04. The van der Waals surface area contributed by atoms with E-state index in [4.69, 9.17) is 5.11 Å². The third kappa shape index (κ3) is 2.24. The number of hydrogen-bond acceptors (Lipinski definition) is 3. The molecule has 1 saturated heterocycles. The molecule has 1 aromatic heterocycles. The summed E-state index contributed by atoms with van der Waals surface area (Å²) in [5.41, 5.74) is 1.06. The molecule has 16 heavy (non-hydrogen) atoms. The number of carboxylic acid groups (broad SMARTS) is 1. The van der Waals surface area contributed by atoms with Gasteiger partial charge in [0, 0.05) is 12.6 Å². The Balaban J connectivity index is 2.09. The maximum absolute atomic E-state index is 10.4. The molecule has 0 bridgehead atoms. The van der Waals surface area contributed by atoms with E-state index >= 15 is 0 Å². The predicted molar refractivity (Wildman–Crippen MR) is 61.9 cm³/mol. The number of pyridine rings is 1. The quantitative estimate of drug-likeness (QED) is 0.803. The molecule has 0 saturated carbocycles. The minimum absolute atomic E-state index is 0.364. The van der Waals surface area contributed by atoms with Crippen molar-refractivity contribution < 1.29 is 9.90 Å². The van der Waals surface area contributed by atoms with Gasteiger partial charge in [0.1, 0.15) is 5.82 Å². The van der Waals surface area contributed by atoms with E-state index in [1.165, 1.54) is 12.8 Å². The molecule has 5 heteroatoms. The van der Waals surface area contributed by atoms with Gasteiger partial charge in [-0.05, 0) is 31.9 Å². The SMILES string of the molecule is CC1CCCN1c1ccc(NC(=O)O)nc1. The predicted octanol–water partition coefficient (Wildman–Crippen LogP) is 2.16. The van der Waals surface area contributed by atoms with Crippen molar-refractivity contribution in [2.75, 3.05) is 16.8 Å². The van der Waals surface area contributed by atoms with Crippen LogP contribution in [0.3, 0.4) is 0 Å². The van der Waals surface area contributed by atoms with Gasteiger partial charge in [0.15, 0.2) is 0 Å². The number of hydrogen-bond donors (Lipinski definition) is 2. The van der Waals surface area contributed by atoms with Gasteiger partial charge < -0.3 is 10.0 Å². The van der Waals surface area contributed by atoms with Crippen LogP contribution in [0.15, 0.2) is 18.3 Å². The molecule has 1 aromatic rings. The van der Waals surface area contributed by atoms with Crippen LogP contribution in [-0.2, 0) is 0 Å². The van der Waals surface area contributed by atoms with Crippen molar-refractivity contribution in [1.29, 1.82) is 0 Å². The van der Waals surface area contributed by atoms with Crippen LogP contribution in [0.4, 0.5) is 16.3 Å². The lowest BCUT2D eigenvalue weighted by atomic mass is 10.2. The van der Waals surface area contributed by atoms with Crippen LogP contribution >= 0.6 is 0 Å². The van der Waals surface area contributed by atoms with E-state index in [2.05, 4.69) is 22.1 Å². The second kappa shape index (κ2) is 4.38. The van der Waals surface area contributed by atoms with Crippen molar-refractivity contribution in [3.63, 3.8) is 0 Å². The van der Waals surface area contributed by atoms with E-state index in [1.54, 1.807) is 12.3 Å². The standard InChI is InChI=1S/C11H15N3O2/c1-8-3-2-6-14(8)9-4-5-10(12-7-9)13-11(15)16/h4-5,7-8H,2-3,6H2,1H3,(H,12,13)(H,15,16). The van der Waals surface area contributed by atoms with E-state index in [0.29, 0.717) is 11.9 Å². The summed E-state index contributed by atoms with van der Waals surface area (Å²) < 4.78 is 0. The fourth-order valence-corrected chi connectivity index (χ4v) is 2.06. The zero-order valence-electron chi connectivity index (χ0n) is 9.18. The molecular weight excluding hydrogens is 206 g/mol. The zero-order chi connectivity index (χ0) is 11.5. The highest BCUT2D eigenvalue weighted by Crippen LogP contribution is 2.24. The molecule has 2 rings (SSSR count). The van der Waals surface area contributed by atoms with Crippen LogP contribution < -0.4 is 10.2 Å². The number of aromatic nitrogens is 1. The first kappa shape index (κ1) is 10.7. The highest BCUT2D eigenvalue weighted by molar-refractivity contribution is 5.81. The van der Waals surface area contributed by atoms with E-state index in [9.17, 15) is 4.79 Å². The summed E-state index contributed by atoms with van der Waals surface area (Å²) in [4.78, 5) is 16.8. The highest BCUT2D eigenvalue weighted by Gasteiger charge is 2.20. The second-order valence-corrected chi connectivity index (χ2v) is 4.02. The van der Waals surface area contributed by atoms with Crippen LogP contribution in [0, 0.1) is 0 Å². The smallest absolute Gasteiger partial charge is 0.410 e. The number of rotatable bonds is 2. The van der Waals surface area contributed by atoms with Crippen molar-refractivity contribution in [1.82, 2.24) is 4.98 Å². The van der Waals surface area contributed by atoms with Crippen molar-refractivity contribution in [2.45, 2.75) is 25.8 Å². The number of anilines is 2. The molecule has 0 aliphatic carbocycles. The van der Waals surface area contributed by atoms with Crippen molar-refractivity contribution >= 4 is 17.6 Å². The summed E-state index contributed by atoms with van der Waals surface area (Å²) in [7, 11) is 0. The molecule has 0 spiro atoms. The van der Waals surface area contributed by atoms with Crippen molar-refractivity contribution in [3.05, 3.63) is 18.3 Å². The molecule has 1 aliphatic rings. The van der Waals surface area contributed by atoms with Gasteiger partial charge in [-0.1, -0.05) is 0 Å². The van der Waals surface area contributed by atoms with Crippen LogP contribution in [0.2, 0.25) is 0 Å². The summed E-state index contributed by atoms with van der Waals surface area (Å²) in [6.45, 7) is 3.24. The van der Waals surface area contributed by atoms with E-state index < -0.39 is 6.09 Å². The summed E-state index contributed by atoms with van der Waals surface area (Å²) in [5.74, 6) is 0.364. The number of carbonyl (C=O) groups is 1. The summed E-state index contributed by atoms with van der Waals surface area (Å²) in [5, 5.41) is 10.7. The molecule has 1 unspecified atom stereocenters. The molecular formula is C11H15N3O2. The Morgan fingerprint density at radius 2 is 2.44 bits per heavy atom. The van der Waals surface area contributed by atoms with Crippen LogP contribution in [-0.4, -0.2) is 28.8 Å². The molecule has 1 fully saturated rings. The minimum atomic E-state index is -1.09. The molecule has 0 radical (unpaired) electrons. The topological polar surface area (TPSA) is 65.5 Å². The number of amides is 1. The molecule has 2 N–H and O–H groups in total. The highest BCUT2D eigenvalue weighted by atomic mass is 16.4. The summed E-state index contributed by atoms with van der Waals surface area (Å²) >= 11 is 0. The lowest BCUT2D eigenvalue weighted by molar-refractivity contribution is 0.209. The first-order chi connectivity index (χ1) is 7.66. The lowest BCUT2D eigenvalue weighted by Crippen LogP contribution is -2.26. The van der Waals surface area contributed by atoms with Crippen LogP contribution in [0.1, 0.15) is 19.8 Å². The van der Waals surface area contributed by atoms with Gasteiger partial charge >= 0.3 is 6.09 Å². The van der Waals surface area contributed by atoms with Gasteiger partial charge in [0.25, 0.3) is 0 Å². The van der Waals surface area contributed by atoms with Gasteiger partial charge in [0.2, 0.25) is 0 Å². The monoisotopic (exact) mass is 221 g/mol. The Hall–Kier alpha value is -1.78. The fourth-order valence-electron chi connectivity index (χ4n) is 2.06. The molecule has 1 aliphatic heterocycles. The molecule has 2 heterocycles. The third-order valence-electron chi connectivity index (χ3n) is 2.87. The van der Waals surface area contributed by atoms with Crippen molar-refractivity contribution in [3.8, 4) is 0 Å². The molecule has 1 atom stereocenters. The van der Waals surface area contributed by atoms with Crippen LogP contribution in [0.25, 0.3) is 0 Å².